The summed E-state index contributed by atoms with van der Waals surface area (Å²) in [6, 6.07) is 8.44. The summed E-state index contributed by atoms with van der Waals surface area (Å²) in [6.07, 6.45) is 0. The molecule has 1 atom stereocenters. The predicted octanol–water partition coefficient (Wildman–Crippen LogP) is 3.17. The Balaban J connectivity index is 1.87. The van der Waals surface area contributed by atoms with Gasteiger partial charge in [0, 0.05) is 11.1 Å². The zero-order valence-corrected chi connectivity index (χ0v) is 14.1. The van der Waals surface area contributed by atoms with Crippen LogP contribution >= 0.6 is 11.6 Å². The second-order valence-corrected chi connectivity index (χ2v) is 6.29. The SMILES string of the molecule is Cc1cc2c(cc1C)[C@@H](C(=O)Nc1cc(C(N)=O)ccc1Cl)CO2. The van der Waals surface area contributed by atoms with Crippen molar-refractivity contribution < 1.29 is 14.3 Å². The van der Waals surface area contributed by atoms with Crippen molar-refractivity contribution >= 4 is 29.1 Å². The number of carbonyl (C=O) groups excluding carboxylic acids is 2. The van der Waals surface area contributed by atoms with Crippen LogP contribution in [0.4, 0.5) is 5.69 Å². The Hall–Kier alpha value is -2.53. The fraction of sp³-hybridized carbons (Fsp3) is 0.222. The number of fused-ring (bicyclic) bond motifs is 1. The summed E-state index contributed by atoms with van der Waals surface area (Å²) < 4.78 is 5.63. The van der Waals surface area contributed by atoms with Gasteiger partial charge >= 0.3 is 0 Å². The second kappa shape index (κ2) is 6.17. The van der Waals surface area contributed by atoms with E-state index < -0.39 is 11.8 Å². The quantitative estimate of drug-likeness (QED) is 0.897. The van der Waals surface area contributed by atoms with Gasteiger partial charge in [-0.1, -0.05) is 17.7 Å². The van der Waals surface area contributed by atoms with E-state index in [2.05, 4.69) is 5.32 Å². The number of primary amides is 1. The zero-order chi connectivity index (χ0) is 17.4. The van der Waals surface area contributed by atoms with Crippen LogP contribution in [-0.4, -0.2) is 18.4 Å². The van der Waals surface area contributed by atoms with E-state index in [-0.39, 0.29) is 18.1 Å². The Labute approximate surface area is 144 Å². The lowest BCUT2D eigenvalue weighted by atomic mass is 9.96. The van der Waals surface area contributed by atoms with E-state index in [0.717, 1.165) is 22.4 Å². The van der Waals surface area contributed by atoms with Gasteiger partial charge in [-0.25, -0.2) is 0 Å². The largest absolute Gasteiger partial charge is 0.492 e. The molecule has 1 heterocycles. The van der Waals surface area contributed by atoms with Gasteiger partial charge in [-0.2, -0.15) is 0 Å². The summed E-state index contributed by atoms with van der Waals surface area (Å²) in [6.45, 7) is 4.27. The lowest BCUT2D eigenvalue weighted by Crippen LogP contribution is -2.23. The smallest absolute Gasteiger partial charge is 0.248 e. The molecule has 1 aliphatic heterocycles. The molecule has 2 amide bonds. The maximum Gasteiger partial charge on any atom is 0.248 e. The van der Waals surface area contributed by atoms with Gasteiger partial charge < -0.3 is 15.8 Å². The summed E-state index contributed by atoms with van der Waals surface area (Å²) in [5.74, 6) is -0.508. The molecule has 3 N–H and O–H groups in total. The molecule has 0 fully saturated rings. The summed E-state index contributed by atoms with van der Waals surface area (Å²) in [7, 11) is 0. The molecule has 0 saturated carbocycles. The van der Waals surface area contributed by atoms with Gasteiger partial charge in [0.15, 0.2) is 0 Å². The van der Waals surface area contributed by atoms with Gasteiger partial charge in [0.1, 0.15) is 18.3 Å². The number of ether oxygens (including phenoxy) is 1. The van der Waals surface area contributed by atoms with Gasteiger partial charge in [-0.05, 0) is 49.2 Å². The summed E-state index contributed by atoms with van der Waals surface area (Å²) in [5, 5.41) is 3.10. The van der Waals surface area contributed by atoms with Crippen molar-refractivity contribution in [1.82, 2.24) is 0 Å². The maximum absolute atomic E-state index is 12.6. The van der Waals surface area contributed by atoms with Crippen LogP contribution in [0.3, 0.4) is 0 Å². The average molecular weight is 345 g/mol. The molecule has 3 rings (SSSR count). The molecule has 124 valence electrons. The normalized spacial score (nSPS) is 15.5. The number of amides is 2. The van der Waals surface area contributed by atoms with Crippen LogP contribution in [0.25, 0.3) is 0 Å². The molecule has 0 saturated heterocycles. The molecule has 2 aromatic carbocycles. The van der Waals surface area contributed by atoms with Crippen molar-refractivity contribution in [3.63, 3.8) is 0 Å². The number of carbonyl (C=O) groups is 2. The highest BCUT2D eigenvalue weighted by Crippen LogP contribution is 2.37. The Morgan fingerprint density at radius 1 is 1.21 bits per heavy atom. The molecule has 5 nitrogen and oxygen atoms in total. The van der Waals surface area contributed by atoms with Crippen LogP contribution < -0.4 is 15.8 Å². The van der Waals surface area contributed by atoms with Crippen LogP contribution in [0, 0.1) is 13.8 Å². The molecular weight excluding hydrogens is 328 g/mol. The van der Waals surface area contributed by atoms with Gasteiger partial charge in [0.05, 0.1) is 10.7 Å². The molecule has 6 heteroatoms. The summed E-state index contributed by atoms with van der Waals surface area (Å²) in [5.41, 5.74) is 8.98. The number of anilines is 1. The first-order valence-electron chi connectivity index (χ1n) is 7.51. The number of hydrogen-bond donors (Lipinski definition) is 2. The number of rotatable bonds is 3. The average Bonchev–Trinajstić information content (AvgIpc) is 2.92. The van der Waals surface area contributed by atoms with Gasteiger partial charge in [0.2, 0.25) is 11.8 Å². The molecular formula is C18H17ClN2O3. The van der Waals surface area contributed by atoms with Crippen LogP contribution in [0.2, 0.25) is 5.02 Å². The minimum atomic E-state index is -0.581. The van der Waals surface area contributed by atoms with Crippen molar-refractivity contribution in [2.24, 2.45) is 5.73 Å². The monoisotopic (exact) mass is 344 g/mol. The fourth-order valence-corrected chi connectivity index (χ4v) is 2.85. The maximum atomic E-state index is 12.6. The predicted molar refractivity (Wildman–Crippen MR) is 92.8 cm³/mol. The minimum Gasteiger partial charge on any atom is -0.492 e. The van der Waals surface area contributed by atoms with Crippen molar-refractivity contribution in [2.45, 2.75) is 19.8 Å². The van der Waals surface area contributed by atoms with Crippen molar-refractivity contribution in [3.05, 3.63) is 57.6 Å². The molecule has 0 radical (unpaired) electrons. The Kier molecular flexibility index (Phi) is 4.20. The van der Waals surface area contributed by atoms with Crippen LogP contribution in [0.1, 0.15) is 33.0 Å². The Bertz CT molecular complexity index is 848. The topological polar surface area (TPSA) is 81.4 Å². The van der Waals surface area contributed by atoms with E-state index >= 15 is 0 Å². The highest BCUT2D eigenvalue weighted by Gasteiger charge is 2.31. The lowest BCUT2D eigenvalue weighted by molar-refractivity contribution is -0.117. The Morgan fingerprint density at radius 2 is 1.92 bits per heavy atom. The van der Waals surface area contributed by atoms with Crippen molar-refractivity contribution in [3.8, 4) is 5.75 Å². The van der Waals surface area contributed by atoms with E-state index in [0.29, 0.717) is 10.7 Å². The van der Waals surface area contributed by atoms with Crippen molar-refractivity contribution in [1.29, 1.82) is 0 Å². The van der Waals surface area contributed by atoms with Crippen LogP contribution in [0.5, 0.6) is 5.75 Å². The zero-order valence-electron chi connectivity index (χ0n) is 13.4. The highest BCUT2D eigenvalue weighted by molar-refractivity contribution is 6.34. The van der Waals surface area contributed by atoms with Gasteiger partial charge in [0.25, 0.3) is 0 Å². The molecule has 0 aromatic heterocycles. The number of aryl methyl sites for hydroxylation is 2. The number of nitrogens with one attached hydrogen (secondary N) is 1. The number of halogens is 1. The molecule has 0 aliphatic carbocycles. The lowest BCUT2D eigenvalue weighted by Gasteiger charge is -2.13. The van der Waals surface area contributed by atoms with E-state index in [1.54, 1.807) is 0 Å². The molecule has 2 aromatic rings. The first kappa shape index (κ1) is 16.3. The van der Waals surface area contributed by atoms with Crippen molar-refractivity contribution in [2.75, 3.05) is 11.9 Å². The van der Waals surface area contributed by atoms with E-state index in [1.807, 2.05) is 26.0 Å². The second-order valence-electron chi connectivity index (χ2n) is 5.89. The van der Waals surface area contributed by atoms with E-state index in [4.69, 9.17) is 22.1 Å². The molecule has 0 bridgehead atoms. The molecule has 1 aliphatic rings. The third kappa shape index (κ3) is 2.95. The Morgan fingerprint density at radius 3 is 2.62 bits per heavy atom. The van der Waals surface area contributed by atoms with E-state index in [1.165, 1.54) is 18.2 Å². The van der Waals surface area contributed by atoms with Crippen LogP contribution in [-0.2, 0) is 4.79 Å². The number of benzene rings is 2. The summed E-state index contributed by atoms with van der Waals surface area (Å²) in [4.78, 5) is 23.9. The first-order chi connectivity index (χ1) is 11.4. The standard InChI is InChI=1S/C18H17ClN2O3/c1-9-5-12-13(8-24-16(12)6-10(9)2)18(23)21-15-7-11(17(20)22)3-4-14(15)19/h3-7,13H,8H2,1-2H3,(H2,20,22)(H,21,23)/t13-/m0/s1. The minimum absolute atomic E-state index is 0.236. The fourth-order valence-electron chi connectivity index (χ4n) is 2.68. The molecule has 0 unspecified atom stereocenters. The summed E-state index contributed by atoms with van der Waals surface area (Å²) >= 11 is 6.10. The number of hydrogen-bond acceptors (Lipinski definition) is 3. The molecule has 24 heavy (non-hydrogen) atoms. The van der Waals surface area contributed by atoms with E-state index in [9.17, 15) is 9.59 Å². The third-order valence-corrected chi connectivity index (χ3v) is 4.56. The third-order valence-electron chi connectivity index (χ3n) is 4.23. The number of nitrogens with two attached hydrogens (primary N) is 1. The molecule has 0 spiro atoms. The van der Waals surface area contributed by atoms with Crippen LogP contribution in [0.15, 0.2) is 30.3 Å². The van der Waals surface area contributed by atoms with Gasteiger partial charge in [-0.3, -0.25) is 9.59 Å². The van der Waals surface area contributed by atoms with Gasteiger partial charge in [-0.15, -0.1) is 0 Å². The first-order valence-corrected chi connectivity index (χ1v) is 7.89. The highest BCUT2D eigenvalue weighted by atomic mass is 35.5.